The lowest BCUT2D eigenvalue weighted by atomic mass is 10.1. The van der Waals surface area contributed by atoms with Crippen molar-refractivity contribution in [1.29, 1.82) is 5.26 Å². The van der Waals surface area contributed by atoms with Gasteiger partial charge in [0.2, 0.25) is 0 Å². The van der Waals surface area contributed by atoms with Crippen LogP contribution >= 0.6 is 0 Å². The third kappa shape index (κ3) is 27.9. The van der Waals surface area contributed by atoms with Crippen LogP contribution in [0.4, 0.5) is 0 Å². The minimum absolute atomic E-state index is 0.446. The first-order chi connectivity index (χ1) is 5.18. The van der Waals surface area contributed by atoms with Crippen LogP contribution < -0.4 is 0 Å². The molecule has 0 unspecified atom stereocenters. The van der Waals surface area contributed by atoms with Crippen molar-refractivity contribution in [2.45, 2.75) is 27.2 Å². The van der Waals surface area contributed by atoms with Gasteiger partial charge in [-0.3, -0.25) is 0 Å². The predicted molar refractivity (Wildman–Crippen MR) is 42.5 cm³/mol. The number of hydrogen-bond donors (Lipinski definition) is 0. The molecule has 0 aromatic rings. The molecule has 4 nitrogen and oxygen atoms in total. The molecule has 0 aliphatic carbocycles. The van der Waals surface area contributed by atoms with Crippen LogP contribution in [0.1, 0.15) is 27.2 Å². The van der Waals surface area contributed by atoms with E-state index in [1.54, 1.807) is 6.07 Å². The van der Waals surface area contributed by atoms with E-state index in [1.807, 2.05) is 0 Å². The van der Waals surface area contributed by atoms with Gasteiger partial charge in [0, 0.05) is 6.92 Å². The molecule has 0 aromatic heterocycles. The van der Waals surface area contributed by atoms with E-state index in [0.29, 0.717) is 12.5 Å². The molecule has 0 atom stereocenters. The molecule has 0 N–H and O–H groups in total. The molecule has 0 aliphatic heterocycles. The largest absolute Gasteiger partial charge is 0.364 e. The van der Waals surface area contributed by atoms with Gasteiger partial charge in [-0.1, -0.05) is 13.8 Å². The Hall–Kier alpha value is -1.11. The highest BCUT2D eigenvalue weighted by atomic mass is 16.7. The maximum absolute atomic E-state index is 9.31. The molecule has 4 heteroatoms. The van der Waals surface area contributed by atoms with E-state index in [2.05, 4.69) is 24.0 Å². The summed E-state index contributed by atoms with van der Waals surface area (Å²) in [6.07, 6.45) is 0.895. The molecule has 0 heterocycles. The summed E-state index contributed by atoms with van der Waals surface area (Å²) in [5.74, 6) is 0.580. The first-order valence-corrected chi connectivity index (χ1v) is 3.44. The van der Waals surface area contributed by atoms with E-state index in [9.17, 15) is 4.91 Å². The molecule has 0 aromatic carbocycles. The predicted octanol–water partition coefficient (Wildman–Crippen LogP) is 2.26. The molecule has 0 fully saturated rings. The average molecular weight is 158 g/mol. The molecular weight excluding hydrogens is 144 g/mol. The van der Waals surface area contributed by atoms with Crippen LogP contribution in [0.2, 0.25) is 0 Å². The van der Waals surface area contributed by atoms with Crippen molar-refractivity contribution in [2.75, 3.05) is 6.61 Å². The molecule has 11 heavy (non-hydrogen) atoms. The van der Waals surface area contributed by atoms with Gasteiger partial charge in [-0.05, 0) is 12.3 Å². The number of nitrogens with zero attached hydrogens (tertiary/aromatic N) is 2. The van der Waals surface area contributed by atoms with Crippen LogP contribution in [0.15, 0.2) is 5.34 Å². The molecule has 0 spiro atoms. The van der Waals surface area contributed by atoms with Crippen LogP contribution in [-0.4, -0.2) is 6.61 Å². The highest BCUT2D eigenvalue weighted by molar-refractivity contribution is 4.51. The van der Waals surface area contributed by atoms with E-state index in [0.717, 1.165) is 6.42 Å². The summed E-state index contributed by atoms with van der Waals surface area (Å²) in [7, 11) is 0. The summed E-state index contributed by atoms with van der Waals surface area (Å²) >= 11 is 0. The molecule has 64 valence electrons. The highest BCUT2D eigenvalue weighted by Gasteiger charge is 1.91. The number of rotatable bonds is 4. The second-order valence-corrected chi connectivity index (χ2v) is 2.31. The van der Waals surface area contributed by atoms with Gasteiger partial charge in [-0.25, -0.2) is 0 Å². The number of hydrogen-bond acceptors (Lipinski definition) is 4. The third-order valence-electron chi connectivity index (χ3n) is 0.839. The average Bonchev–Trinajstić information content (AvgIpc) is 1.89. The van der Waals surface area contributed by atoms with Crippen LogP contribution in [0, 0.1) is 22.2 Å². The van der Waals surface area contributed by atoms with Crippen molar-refractivity contribution >= 4 is 0 Å². The summed E-state index contributed by atoms with van der Waals surface area (Å²) in [6.45, 7) is 6.00. The zero-order valence-electron chi connectivity index (χ0n) is 7.20. The Morgan fingerprint density at radius 2 is 2.09 bits per heavy atom. The van der Waals surface area contributed by atoms with Gasteiger partial charge in [-0.2, -0.15) is 5.26 Å². The molecule has 0 saturated heterocycles. The van der Waals surface area contributed by atoms with E-state index in [1.165, 1.54) is 6.92 Å². The van der Waals surface area contributed by atoms with E-state index < -0.39 is 0 Å². The van der Waals surface area contributed by atoms with Crippen LogP contribution in [0.25, 0.3) is 0 Å². The lowest BCUT2D eigenvalue weighted by molar-refractivity contribution is 0.128. The minimum Gasteiger partial charge on any atom is -0.364 e. The molecular formula is C7H14N2O2. The highest BCUT2D eigenvalue weighted by Crippen LogP contribution is 1.98. The van der Waals surface area contributed by atoms with Crippen molar-refractivity contribution < 1.29 is 4.84 Å². The van der Waals surface area contributed by atoms with Gasteiger partial charge in [0.1, 0.15) is 6.61 Å². The third-order valence-corrected chi connectivity index (χ3v) is 0.839. The minimum atomic E-state index is 0.446. The summed E-state index contributed by atoms with van der Waals surface area (Å²) in [6, 6.07) is 1.75. The first kappa shape index (κ1) is 12.6. The van der Waals surface area contributed by atoms with Gasteiger partial charge in [0.25, 0.3) is 0 Å². The second-order valence-electron chi connectivity index (χ2n) is 2.31. The Morgan fingerprint density at radius 3 is 2.36 bits per heavy atom. The maximum Gasteiger partial charge on any atom is 0.155 e. The van der Waals surface area contributed by atoms with Crippen LogP contribution in [0.5, 0.6) is 0 Å². The zero-order valence-corrected chi connectivity index (χ0v) is 7.20. The molecule has 0 aliphatic rings. The van der Waals surface area contributed by atoms with E-state index >= 15 is 0 Å². The second kappa shape index (κ2) is 11.7. The van der Waals surface area contributed by atoms with Gasteiger partial charge in [-0.15, -0.1) is 4.91 Å². The molecule has 0 radical (unpaired) electrons. The topological polar surface area (TPSA) is 62.4 Å². The summed E-state index contributed by atoms with van der Waals surface area (Å²) in [5.41, 5.74) is 0. The molecule has 0 rings (SSSR count). The quantitative estimate of drug-likeness (QED) is 0.358. The van der Waals surface area contributed by atoms with Crippen molar-refractivity contribution in [3.05, 3.63) is 4.91 Å². The normalized spacial score (nSPS) is 7.55. The smallest absolute Gasteiger partial charge is 0.155 e. The van der Waals surface area contributed by atoms with Gasteiger partial charge in [0.15, 0.2) is 5.34 Å². The van der Waals surface area contributed by atoms with Gasteiger partial charge < -0.3 is 4.84 Å². The monoisotopic (exact) mass is 158 g/mol. The SMILES string of the molecule is CC#N.CC(C)CCON=O. The molecule has 0 saturated carbocycles. The van der Waals surface area contributed by atoms with Crippen molar-refractivity contribution in [3.8, 4) is 6.07 Å². The Labute approximate surface area is 67.1 Å². The fourth-order valence-electron chi connectivity index (χ4n) is 0.326. The van der Waals surface area contributed by atoms with Crippen LogP contribution in [-0.2, 0) is 4.84 Å². The summed E-state index contributed by atoms with van der Waals surface area (Å²) < 4.78 is 0. The van der Waals surface area contributed by atoms with Crippen LogP contribution in [0.3, 0.4) is 0 Å². The van der Waals surface area contributed by atoms with Crippen molar-refractivity contribution in [1.82, 2.24) is 0 Å². The first-order valence-electron chi connectivity index (χ1n) is 3.44. The summed E-state index contributed by atoms with van der Waals surface area (Å²) in [4.78, 5) is 13.5. The maximum atomic E-state index is 9.31. The fraction of sp³-hybridized carbons (Fsp3) is 0.857. The number of nitriles is 1. The fourth-order valence-corrected chi connectivity index (χ4v) is 0.326. The zero-order chi connectivity index (χ0) is 9.11. The Bertz CT molecular complexity index is 118. The van der Waals surface area contributed by atoms with Gasteiger partial charge >= 0.3 is 0 Å². The molecule has 0 amide bonds. The van der Waals surface area contributed by atoms with Gasteiger partial charge in [0.05, 0.1) is 6.07 Å². The van der Waals surface area contributed by atoms with Crippen molar-refractivity contribution in [2.24, 2.45) is 11.3 Å². The Kier molecular flexibility index (Phi) is 13.3. The Morgan fingerprint density at radius 1 is 1.64 bits per heavy atom. The Balaban J connectivity index is 0. The lowest BCUT2D eigenvalue weighted by Crippen LogP contribution is -1.93. The van der Waals surface area contributed by atoms with Crippen molar-refractivity contribution in [3.63, 3.8) is 0 Å². The van der Waals surface area contributed by atoms with E-state index in [4.69, 9.17) is 5.26 Å². The summed E-state index contributed by atoms with van der Waals surface area (Å²) in [5, 5.41) is 9.58. The van der Waals surface area contributed by atoms with E-state index in [-0.39, 0.29) is 0 Å². The molecule has 0 bridgehead atoms. The standard InChI is InChI=1S/C5H11NO2.C2H3N/c1-5(2)3-4-8-6-7;1-2-3/h5H,3-4H2,1-2H3;1H3. The lowest BCUT2D eigenvalue weighted by Gasteiger charge is -1.98.